The second-order valence-electron chi connectivity index (χ2n) is 7.07. The van der Waals surface area contributed by atoms with Crippen LogP contribution in [0, 0.1) is 5.82 Å². The van der Waals surface area contributed by atoms with E-state index in [1.807, 2.05) is 11.8 Å². The molecule has 11 heteroatoms. The lowest BCUT2D eigenvalue weighted by molar-refractivity contribution is -0.0926. The summed E-state index contributed by atoms with van der Waals surface area (Å²) in [5.41, 5.74) is 9.56. The van der Waals surface area contributed by atoms with Crippen LogP contribution in [0.4, 0.5) is 17.6 Å². The first kappa shape index (κ1) is 22.0. The van der Waals surface area contributed by atoms with Gasteiger partial charge in [0.1, 0.15) is 30.8 Å². The Labute approximate surface area is 171 Å². The van der Waals surface area contributed by atoms with Crippen molar-refractivity contribution >= 4 is 0 Å². The zero-order valence-electron chi connectivity index (χ0n) is 16.4. The van der Waals surface area contributed by atoms with Crippen LogP contribution in [0.1, 0.15) is 31.5 Å². The van der Waals surface area contributed by atoms with Crippen LogP contribution in [-0.2, 0) is 4.74 Å². The van der Waals surface area contributed by atoms with Gasteiger partial charge in [-0.25, -0.2) is 9.37 Å². The van der Waals surface area contributed by atoms with Crippen LogP contribution in [-0.4, -0.2) is 48.5 Å². The number of hydrogen-bond acceptors (Lipinski definition) is 7. The van der Waals surface area contributed by atoms with E-state index < -0.39 is 17.7 Å². The van der Waals surface area contributed by atoms with E-state index in [2.05, 4.69) is 4.98 Å². The van der Waals surface area contributed by atoms with Gasteiger partial charge < -0.3 is 25.7 Å². The van der Waals surface area contributed by atoms with Crippen molar-refractivity contribution in [2.45, 2.75) is 38.1 Å². The predicted octanol–water partition coefficient (Wildman–Crippen LogP) is 2.74. The SMILES string of the molecule is CC(c1nc2c(cc1F)OCCO2)N1CCC(O/C(N)=C/C=C(\N)C(F)(F)F)CC1. The Bertz CT molecular complexity index is 821. The van der Waals surface area contributed by atoms with Crippen LogP contribution in [0.15, 0.2) is 29.8 Å². The molecule has 0 spiro atoms. The maximum Gasteiger partial charge on any atom is 0.430 e. The van der Waals surface area contributed by atoms with Gasteiger partial charge in [-0.1, -0.05) is 0 Å². The van der Waals surface area contributed by atoms with E-state index in [1.54, 1.807) is 0 Å². The van der Waals surface area contributed by atoms with Crippen molar-refractivity contribution in [3.63, 3.8) is 0 Å². The summed E-state index contributed by atoms with van der Waals surface area (Å²) < 4.78 is 67.9. The molecule has 3 rings (SSSR count). The van der Waals surface area contributed by atoms with Crippen molar-refractivity contribution in [1.29, 1.82) is 0 Å². The third-order valence-electron chi connectivity index (χ3n) is 4.99. The number of ether oxygens (including phenoxy) is 3. The maximum absolute atomic E-state index is 14.5. The van der Waals surface area contributed by atoms with Crippen LogP contribution in [0.3, 0.4) is 0 Å². The second kappa shape index (κ2) is 8.99. The molecule has 1 aromatic rings. The van der Waals surface area contributed by atoms with E-state index in [9.17, 15) is 17.6 Å². The van der Waals surface area contributed by atoms with E-state index in [0.29, 0.717) is 51.0 Å². The lowest BCUT2D eigenvalue weighted by Crippen LogP contribution is -2.39. The number of rotatable bonds is 5. The van der Waals surface area contributed by atoms with E-state index >= 15 is 0 Å². The summed E-state index contributed by atoms with van der Waals surface area (Å²) in [5, 5.41) is 0. The molecule has 1 atom stereocenters. The molecule has 0 bridgehead atoms. The smallest absolute Gasteiger partial charge is 0.430 e. The fourth-order valence-corrected chi connectivity index (χ4v) is 3.31. The van der Waals surface area contributed by atoms with Gasteiger partial charge in [-0.15, -0.1) is 0 Å². The molecule has 0 amide bonds. The van der Waals surface area contributed by atoms with Crippen LogP contribution >= 0.6 is 0 Å². The molecule has 7 nitrogen and oxygen atoms in total. The molecule has 0 aliphatic carbocycles. The molecule has 30 heavy (non-hydrogen) atoms. The van der Waals surface area contributed by atoms with Gasteiger partial charge in [0.25, 0.3) is 5.88 Å². The average Bonchev–Trinajstić information content (AvgIpc) is 2.70. The molecule has 0 aromatic carbocycles. The van der Waals surface area contributed by atoms with Crippen molar-refractivity contribution in [3.8, 4) is 11.6 Å². The minimum absolute atomic E-state index is 0.145. The second-order valence-corrected chi connectivity index (χ2v) is 7.07. The first-order chi connectivity index (χ1) is 14.1. The van der Waals surface area contributed by atoms with Gasteiger partial charge in [0.2, 0.25) is 0 Å². The van der Waals surface area contributed by atoms with Crippen LogP contribution < -0.4 is 20.9 Å². The number of allylic oxidation sites excluding steroid dienone is 3. The molecule has 2 aliphatic rings. The average molecular weight is 432 g/mol. The van der Waals surface area contributed by atoms with E-state index in [-0.39, 0.29) is 29.6 Å². The lowest BCUT2D eigenvalue weighted by Gasteiger charge is -2.36. The summed E-state index contributed by atoms with van der Waals surface area (Å²) in [5.74, 6) is -0.0318. The van der Waals surface area contributed by atoms with Crippen molar-refractivity contribution in [1.82, 2.24) is 9.88 Å². The number of alkyl halides is 3. The van der Waals surface area contributed by atoms with Gasteiger partial charge in [-0.05, 0) is 31.9 Å². The summed E-state index contributed by atoms with van der Waals surface area (Å²) in [7, 11) is 0. The van der Waals surface area contributed by atoms with Crippen molar-refractivity contribution in [3.05, 3.63) is 41.3 Å². The molecular weight excluding hydrogens is 408 g/mol. The molecule has 3 heterocycles. The Balaban J connectivity index is 1.57. The number of piperidine rings is 1. The fourth-order valence-electron chi connectivity index (χ4n) is 3.31. The summed E-state index contributed by atoms with van der Waals surface area (Å²) in [6.45, 7) is 3.72. The highest BCUT2D eigenvalue weighted by molar-refractivity contribution is 5.37. The van der Waals surface area contributed by atoms with Gasteiger partial charge in [0, 0.05) is 19.2 Å². The van der Waals surface area contributed by atoms with Gasteiger partial charge in [0.15, 0.2) is 11.6 Å². The van der Waals surface area contributed by atoms with Gasteiger partial charge >= 0.3 is 6.18 Å². The van der Waals surface area contributed by atoms with Crippen molar-refractivity contribution < 1.29 is 31.8 Å². The van der Waals surface area contributed by atoms with Crippen molar-refractivity contribution in [2.24, 2.45) is 11.5 Å². The molecule has 1 fully saturated rings. The Morgan fingerprint density at radius 3 is 2.57 bits per heavy atom. The van der Waals surface area contributed by atoms with Crippen molar-refractivity contribution in [2.75, 3.05) is 26.3 Å². The first-order valence-electron chi connectivity index (χ1n) is 9.52. The Morgan fingerprint density at radius 1 is 1.23 bits per heavy atom. The van der Waals surface area contributed by atoms with Gasteiger partial charge in [0.05, 0.1) is 11.7 Å². The third-order valence-corrected chi connectivity index (χ3v) is 4.99. The summed E-state index contributed by atoms with van der Waals surface area (Å²) >= 11 is 0. The van der Waals surface area contributed by atoms with E-state index in [1.165, 1.54) is 6.07 Å². The van der Waals surface area contributed by atoms with Crippen LogP contribution in [0.5, 0.6) is 11.6 Å². The quantitative estimate of drug-likeness (QED) is 0.420. The van der Waals surface area contributed by atoms with E-state index in [0.717, 1.165) is 6.08 Å². The number of fused-ring (bicyclic) bond motifs is 1. The van der Waals surface area contributed by atoms with Crippen LogP contribution in [0.2, 0.25) is 0 Å². The molecule has 0 radical (unpaired) electrons. The number of nitrogens with zero attached hydrogens (tertiary/aromatic N) is 2. The summed E-state index contributed by atoms with van der Waals surface area (Å²) in [4.78, 5) is 6.33. The Hall–Kier alpha value is -2.69. The highest BCUT2D eigenvalue weighted by Gasteiger charge is 2.31. The molecule has 1 saturated heterocycles. The molecule has 4 N–H and O–H groups in total. The van der Waals surface area contributed by atoms with Gasteiger partial charge in [-0.2, -0.15) is 13.2 Å². The van der Waals surface area contributed by atoms with Gasteiger partial charge in [-0.3, -0.25) is 4.90 Å². The number of aromatic nitrogens is 1. The topological polar surface area (TPSA) is 95.9 Å². The normalized spacial score (nSPS) is 20.2. The zero-order chi connectivity index (χ0) is 21.9. The molecule has 1 unspecified atom stereocenters. The first-order valence-corrected chi connectivity index (χ1v) is 9.52. The highest BCUT2D eigenvalue weighted by atomic mass is 19.4. The predicted molar refractivity (Wildman–Crippen MR) is 99.9 cm³/mol. The molecule has 1 aromatic heterocycles. The molecule has 166 valence electrons. The van der Waals surface area contributed by atoms with Crippen LogP contribution in [0.25, 0.3) is 0 Å². The number of hydrogen-bond donors (Lipinski definition) is 2. The zero-order valence-corrected chi connectivity index (χ0v) is 16.4. The third kappa shape index (κ3) is 5.26. The lowest BCUT2D eigenvalue weighted by atomic mass is 10.0. The highest BCUT2D eigenvalue weighted by Crippen LogP contribution is 2.34. The monoisotopic (exact) mass is 432 g/mol. The summed E-state index contributed by atoms with van der Waals surface area (Å²) in [6.07, 6.45) is -2.07. The number of likely N-dealkylation sites (tertiary alicyclic amines) is 1. The minimum atomic E-state index is -4.62. The minimum Gasteiger partial charge on any atom is -0.484 e. The Kier molecular flexibility index (Phi) is 6.59. The number of pyridine rings is 1. The van der Waals surface area contributed by atoms with E-state index in [4.69, 9.17) is 25.7 Å². The summed E-state index contributed by atoms with van der Waals surface area (Å²) in [6, 6.07) is 0.985. The maximum atomic E-state index is 14.5. The largest absolute Gasteiger partial charge is 0.484 e. The molecular formula is C19H24F4N4O3. The fraction of sp³-hybridized carbons (Fsp3) is 0.526. The number of halogens is 4. The molecule has 0 saturated carbocycles. The molecule has 2 aliphatic heterocycles. The Morgan fingerprint density at radius 2 is 1.90 bits per heavy atom. The number of nitrogens with two attached hydrogens (primary N) is 2. The standard InChI is InChI=1S/C19H24F4N4O3/c1-11(17-13(20)10-14-18(26-17)29-9-8-28-14)27-6-4-12(5-7-27)30-16(25)3-2-15(24)19(21,22)23/h2-3,10-12H,4-9,24-25H2,1H3/b15-2-,16-3+.